The number of rotatable bonds is 5. The lowest BCUT2D eigenvalue weighted by Gasteiger charge is -2.21. The maximum atomic E-state index is 13.1. The molecule has 140 valence electrons. The highest BCUT2D eigenvalue weighted by atomic mass is 16.5. The molecule has 1 atom stereocenters. The molecule has 0 saturated carbocycles. The van der Waals surface area contributed by atoms with Crippen LogP contribution in [0.2, 0.25) is 0 Å². The van der Waals surface area contributed by atoms with Gasteiger partial charge in [0.1, 0.15) is 6.04 Å². The zero-order valence-corrected chi connectivity index (χ0v) is 15.5. The molecule has 4 rings (SSSR count). The number of pyridine rings is 1. The van der Waals surface area contributed by atoms with Crippen molar-refractivity contribution in [1.82, 2.24) is 29.8 Å². The minimum Gasteiger partial charge on any atom is -0.337 e. The summed E-state index contributed by atoms with van der Waals surface area (Å²) in [5, 5.41) is 8.43. The monoisotopic (exact) mass is 366 g/mol. The topological polar surface area (TPSA) is 89.9 Å². The van der Waals surface area contributed by atoms with E-state index in [2.05, 4.69) is 27.1 Å². The summed E-state index contributed by atoms with van der Waals surface area (Å²) in [6.07, 6.45) is 7.74. The summed E-state index contributed by atoms with van der Waals surface area (Å²) in [4.78, 5) is 23.5. The second-order valence-electron chi connectivity index (χ2n) is 6.72. The standard InChI is InChI=1S/C19H22N6O2/c1-3-10-25-13(2)15(12-21-25)19(26)24-11-4-5-16(24)18-22-17(23-27-18)14-6-8-20-9-7-14/h6-9,12,16H,3-5,10-11H2,1-2H3/t16-/m1/s1. The minimum atomic E-state index is -0.200. The van der Waals surface area contributed by atoms with Crippen LogP contribution in [-0.2, 0) is 6.54 Å². The van der Waals surface area contributed by atoms with Crippen molar-refractivity contribution in [1.29, 1.82) is 0 Å². The molecular formula is C19H22N6O2. The molecular weight excluding hydrogens is 344 g/mol. The first-order valence-corrected chi connectivity index (χ1v) is 9.26. The third-order valence-electron chi connectivity index (χ3n) is 4.95. The van der Waals surface area contributed by atoms with Crippen LogP contribution in [0.1, 0.15) is 54.2 Å². The first kappa shape index (κ1) is 17.4. The third kappa shape index (κ3) is 3.22. The van der Waals surface area contributed by atoms with E-state index < -0.39 is 0 Å². The van der Waals surface area contributed by atoms with Crippen LogP contribution in [0.25, 0.3) is 11.4 Å². The van der Waals surface area contributed by atoms with Gasteiger partial charge in [0.15, 0.2) is 0 Å². The molecule has 3 aromatic rings. The van der Waals surface area contributed by atoms with Crippen molar-refractivity contribution < 1.29 is 9.32 Å². The second kappa shape index (κ2) is 7.30. The van der Waals surface area contributed by atoms with Gasteiger partial charge in [-0.05, 0) is 38.3 Å². The molecule has 0 bridgehead atoms. The van der Waals surface area contributed by atoms with E-state index in [4.69, 9.17) is 4.52 Å². The highest BCUT2D eigenvalue weighted by molar-refractivity contribution is 5.95. The molecule has 0 radical (unpaired) electrons. The molecule has 4 heterocycles. The molecule has 27 heavy (non-hydrogen) atoms. The number of carbonyl (C=O) groups excluding carboxylic acids is 1. The van der Waals surface area contributed by atoms with Crippen molar-refractivity contribution in [3.05, 3.63) is 47.9 Å². The zero-order valence-electron chi connectivity index (χ0n) is 15.5. The Morgan fingerprint density at radius 2 is 2.15 bits per heavy atom. The Kier molecular flexibility index (Phi) is 4.70. The van der Waals surface area contributed by atoms with Gasteiger partial charge in [-0.2, -0.15) is 10.1 Å². The van der Waals surface area contributed by atoms with Gasteiger partial charge in [-0.15, -0.1) is 0 Å². The fourth-order valence-corrected chi connectivity index (χ4v) is 3.50. The molecule has 1 aliphatic heterocycles. The van der Waals surface area contributed by atoms with Crippen LogP contribution in [0.3, 0.4) is 0 Å². The van der Waals surface area contributed by atoms with E-state index in [0.29, 0.717) is 23.8 Å². The molecule has 3 aromatic heterocycles. The molecule has 0 aromatic carbocycles. The van der Waals surface area contributed by atoms with Gasteiger partial charge in [0, 0.05) is 36.7 Å². The van der Waals surface area contributed by atoms with Crippen LogP contribution in [0.4, 0.5) is 0 Å². The van der Waals surface area contributed by atoms with Crippen LogP contribution in [-0.4, -0.2) is 42.3 Å². The average Bonchev–Trinajstić information content (AvgIpc) is 3.42. The minimum absolute atomic E-state index is 0.0268. The van der Waals surface area contributed by atoms with E-state index in [0.717, 1.165) is 37.1 Å². The molecule has 0 spiro atoms. The summed E-state index contributed by atoms with van der Waals surface area (Å²) in [5.41, 5.74) is 2.38. The maximum absolute atomic E-state index is 13.1. The van der Waals surface area contributed by atoms with Gasteiger partial charge < -0.3 is 9.42 Å². The number of aryl methyl sites for hydroxylation is 1. The Labute approximate surface area is 157 Å². The fourth-order valence-electron chi connectivity index (χ4n) is 3.50. The largest absolute Gasteiger partial charge is 0.337 e. The number of carbonyl (C=O) groups is 1. The van der Waals surface area contributed by atoms with Crippen molar-refractivity contribution in [3.63, 3.8) is 0 Å². The number of likely N-dealkylation sites (tertiary alicyclic amines) is 1. The number of nitrogens with zero attached hydrogens (tertiary/aromatic N) is 6. The van der Waals surface area contributed by atoms with Crippen LogP contribution in [0, 0.1) is 6.92 Å². The predicted molar refractivity (Wildman–Crippen MR) is 97.8 cm³/mol. The summed E-state index contributed by atoms with van der Waals surface area (Å²) in [5.74, 6) is 0.964. The van der Waals surface area contributed by atoms with Crippen LogP contribution < -0.4 is 0 Å². The second-order valence-corrected chi connectivity index (χ2v) is 6.72. The summed E-state index contributed by atoms with van der Waals surface area (Å²) in [6, 6.07) is 3.46. The van der Waals surface area contributed by atoms with Crippen molar-refractivity contribution >= 4 is 5.91 Å². The van der Waals surface area contributed by atoms with Crippen molar-refractivity contribution in [2.24, 2.45) is 0 Å². The van der Waals surface area contributed by atoms with Gasteiger partial charge >= 0.3 is 0 Å². The molecule has 8 heteroatoms. The predicted octanol–water partition coefficient (Wildman–Crippen LogP) is 3.02. The fraction of sp³-hybridized carbons (Fsp3) is 0.421. The lowest BCUT2D eigenvalue weighted by Crippen LogP contribution is -2.31. The Hall–Kier alpha value is -3.03. The molecule has 8 nitrogen and oxygen atoms in total. The molecule has 0 unspecified atom stereocenters. The Bertz CT molecular complexity index is 933. The van der Waals surface area contributed by atoms with E-state index in [1.54, 1.807) is 18.6 Å². The highest BCUT2D eigenvalue weighted by Crippen LogP contribution is 2.33. The molecule has 1 saturated heterocycles. The van der Waals surface area contributed by atoms with Gasteiger partial charge in [-0.1, -0.05) is 12.1 Å². The summed E-state index contributed by atoms with van der Waals surface area (Å²) in [7, 11) is 0. The van der Waals surface area contributed by atoms with E-state index in [1.165, 1.54) is 0 Å². The molecule has 1 aliphatic rings. The van der Waals surface area contributed by atoms with E-state index in [1.807, 2.05) is 28.6 Å². The third-order valence-corrected chi connectivity index (χ3v) is 4.95. The Morgan fingerprint density at radius 3 is 2.93 bits per heavy atom. The lowest BCUT2D eigenvalue weighted by atomic mass is 10.2. The molecule has 1 amide bonds. The van der Waals surface area contributed by atoms with Crippen molar-refractivity contribution in [2.45, 2.75) is 45.7 Å². The normalized spacial score (nSPS) is 16.8. The van der Waals surface area contributed by atoms with Crippen molar-refractivity contribution in [2.75, 3.05) is 6.54 Å². The first-order valence-electron chi connectivity index (χ1n) is 9.26. The maximum Gasteiger partial charge on any atom is 0.258 e. The van der Waals surface area contributed by atoms with Crippen LogP contribution in [0.5, 0.6) is 0 Å². The summed E-state index contributed by atoms with van der Waals surface area (Å²) < 4.78 is 7.38. The SMILES string of the molecule is CCCn1ncc(C(=O)N2CCC[C@@H]2c2nc(-c3ccncc3)no2)c1C. The molecule has 0 N–H and O–H groups in total. The number of hydrogen-bond donors (Lipinski definition) is 0. The van der Waals surface area contributed by atoms with Gasteiger partial charge in [0.05, 0.1) is 11.8 Å². The van der Waals surface area contributed by atoms with E-state index in [9.17, 15) is 4.79 Å². The Balaban J connectivity index is 1.58. The average molecular weight is 366 g/mol. The summed E-state index contributed by atoms with van der Waals surface area (Å²) in [6.45, 7) is 5.51. The van der Waals surface area contributed by atoms with E-state index >= 15 is 0 Å². The quantitative estimate of drug-likeness (QED) is 0.689. The first-order chi connectivity index (χ1) is 13.2. The smallest absolute Gasteiger partial charge is 0.258 e. The lowest BCUT2D eigenvalue weighted by molar-refractivity contribution is 0.0709. The number of hydrogen-bond acceptors (Lipinski definition) is 6. The van der Waals surface area contributed by atoms with Crippen molar-refractivity contribution in [3.8, 4) is 11.4 Å². The van der Waals surface area contributed by atoms with Gasteiger partial charge in [-0.25, -0.2) is 0 Å². The molecule has 1 fully saturated rings. The highest BCUT2D eigenvalue weighted by Gasteiger charge is 2.35. The zero-order chi connectivity index (χ0) is 18.8. The van der Waals surface area contributed by atoms with Crippen LogP contribution in [0.15, 0.2) is 35.2 Å². The van der Waals surface area contributed by atoms with E-state index in [-0.39, 0.29) is 11.9 Å². The van der Waals surface area contributed by atoms with Crippen LogP contribution >= 0.6 is 0 Å². The summed E-state index contributed by atoms with van der Waals surface area (Å²) >= 11 is 0. The van der Waals surface area contributed by atoms with Gasteiger partial charge in [0.25, 0.3) is 5.91 Å². The number of amides is 1. The molecule has 0 aliphatic carbocycles. The number of aromatic nitrogens is 5. The van der Waals surface area contributed by atoms with Gasteiger partial charge in [-0.3, -0.25) is 14.5 Å². The van der Waals surface area contributed by atoms with Gasteiger partial charge in [0.2, 0.25) is 11.7 Å². The Morgan fingerprint density at radius 1 is 1.33 bits per heavy atom.